The summed E-state index contributed by atoms with van der Waals surface area (Å²) in [5.41, 5.74) is 0.148. The van der Waals surface area contributed by atoms with Gasteiger partial charge in [0.25, 0.3) is 5.91 Å². The molecule has 3 atom stereocenters. The summed E-state index contributed by atoms with van der Waals surface area (Å²) in [6.07, 6.45) is 2.36. The number of hydrogen-bond donors (Lipinski definition) is 2. The highest BCUT2D eigenvalue weighted by atomic mass is 35.5. The molecule has 2 N–H and O–H groups in total. The predicted molar refractivity (Wildman–Crippen MR) is 126 cm³/mol. The van der Waals surface area contributed by atoms with Gasteiger partial charge in [-0.3, -0.25) is 9.59 Å². The van der Waals surface area contributed by atoms with E-state index in [0.717, 1.165) is 6.42 Å². The molecule has 0 saturated carbocycles. The number of quaternary nitrogens is 1. The van der Waals surface area contributed by atoms with Gasteiger partial charge in [-0.15, -0.1) is 0 Å². The maximum Gasteiger partial charge on any atom is 0.605 e. The van der Waals surface area contributed by atoms with Crippen molar-refractivity contribution in [3.05, 3.63) is 33.8 Å². The number of likely N-dealkylation sites (N-methyl/N-ethyl adjacent to an activating group) is 1. The van der Waals surface area contributed by atoms with Crippen molar-refractivity contribution >= 4 is 53.6 Å². The van der Waals surface area contributed by atoms with Gasteiger partial charge in [0.2, 0.25) is 5.91 Å². The van der Waals surface area contributed by atoms with Gasteiger partial charge in [0, 0.05) is 24.9 Å². The highest BCUT2D eigenvalue weighted by Gasteiger charge is 2.77. The van der Waals surface area contributed by atoms with E-state index in [1.165, 1.54) is 12.1 Å². The Hall–Kier alpha value is -2.30. The third-order valence-electron chi connectivity index (χ3n) is 7.35. The molecule has 0 bridgehead atoms. The van der Waals surface area contributed by atoms with Crippen molar-refractivity contribution in [1.82, 2.24) is 10.6 Å². The van der Waals surface area contributed by atoms with Crippen molar-refractivity contribution in [1.29, 1.82) is 0 Å². The first kappa shape index (κ1) is 24.8. The maximum absolute atomic E-state index is 12.9. The molecule has 1 aromatic carbocycles. The molecule has 184 valence electrons. The highest BCUT2D eigenvalue weighted by Crippen LogP contribution is 2.49. The van der Waals surface area contributed by atoms with E-state index in [-0.39, 0.29) is 27.4 Å². The van der Waals surface area contributed by atoms with Crippen LogP contribution in [0.5, 0.6) is 0 Å². The van der Waals surface area contributed by atoms with E-state index in [1.54, 1.807) is 6.07 Å². The molecule has 0 spiro atoms. The van der Waals surface area contributed by atoms with Gasteiger partial charge < -0.3 is 24.3 Å². The van der Waals surface area contributed by atoms with E-state index < -0.39 is 48.5 Å². The van der Waals surface area contributed by atoms with E-state index in [2.05, 4.69) is 10.6 Å². The quantitative estimate of drug-likeness (QED) is 0.543. The molecule has 12 heteroatoms. The zero-order valence-corrected chi connectivity index (χ0v) is 20.8. The molecular formula is C22H28BCl2N3O6. The monoisotopic (exact) mass is 511 g/mol. The van der Waals surface area contributed by atoms with Gasteiger partial charge >= 0.3 is 18.6 Å². The molecule has 3 saturated heterocycles. The summed E-state index contributed by atoms with van der Waals surface area (Å²) in [5, 5.41) is 5.96. The van der Waals surface area contributed by atoms with Crippen LogP contribution in [0.3, 0.4) is 0 Å². The van der Waals surface area contributed by atoms with Crippen LogP contribution in [-0.2, 0) is 23.7 Å². The number of hydrogen-bond acceptors (Lipinski definition) is 6. The Kier molecular flexibility index (Phi) is 6.61. The average molecular weight is 512 g/mol. The van der Waals surface area contributed by atoms with Crippen molar-refractivity contribution in [2.24, 2.45) is 5.92 Å². The first-order valence-electron chi connectivity index (χ1n) is 11.5. The van der Waals surface area contributed by atoms with Crippen molar-refractivity contribution in [3.8, 4) is 0 Å². The highest BCUT2D eigenvalue weighted by molar-refractivity contribution is 6.68. The largest absolute Gasteiger partial charge is 0.605 e. The van der Waals surface area contributed by atoms with Crippen LogP contribution in [-0.4, -0.2) is 66.5 Å². The predicted octanol–water partition coefficient (Wildman–Crippen LogP) is 2.21. The zero-order valence-electron chi connectivity index (χ0n) is 19.3. The van der Waals surface area contributed by atoms with E-state index in [4.69, 9.17) is 32.5 Å². The number of piperidine rings is 1. The maximum atomic E-state index is 12.9. The van der Waals surface area contributed by atoms with Crippen LogP contribution in [0.25, 0.3) is 0 Å². The fraction of sp³-hybridized carbons (Fsp3) is 0.545. The van der Waals surface area contributed by atoms with Gasteiger partial charge in [0.05, 0.1) is 23.1 Å². The first-order valence-corrected chi connectivity index (χ1v) is 12.2. The second-order valence-electron chi connectivity index (χ2n) is 9.90. The fourth-order valence-corrected chi connectivity index (χ4v) is 6.17. The molecule has 4 rings (SSSR count). The summed E-state index contributed by atoms with van der Waals surface area (Å²) < 4.78 is 11.8. The van der Waals surface area contributed by atoms with Gasteiger partial charge in [-0.05, 0) is 37.0 Å². The number of benzene rings is 1. The van der Waals surface area contributed by atoms with Crippen LogP contribution in [0.4, 0.5) is 0 Å². The molecule has 9 nitrogen and oxygen atoms in total. The van der Waals surface area contributed by atoms with E-state index in [1.807, 2.05) is 20.9 Å². The average Bonchev–Trinajstić information content (AvgIpc) is 3.13. The molecule has 2 amide bonds. The van der Waals surface area contributed by atoms with Gasteiger partial charge in [0.1, 0.15) is 12.1 Å². The minimum absolute atomic E-state index is 0.0415. The molecular weight excluding hydrogens is 484 g/mol. The van der Waals surface area contributed by atoms with Gasteiger partial charge in [0.15, 0.2) is 0 Å². The fourth-order valence-electron chi connectivity index (χ4n) is 5.79. The number of rotatable bonds is 7. The molecule has 3 aliphatic heterocycles. The Morgan fingerprint density at radius 1 is 1.15 bits per heavy atom. The van der Waals surface area contributed by atoms with Crippen LogP contribution in [0.2, 0.25) is 10.0 Å². The number of carbonyl (C=O) groups is 4. The van der Waals surface area contributed by atoms with E-state index in [0.29, 0.717) is 24.3 Å². The molecule has 0 radical (unpaired) electrons. The lowest BCUT2D eigenvalue weighted by atomic mass is 9.56. The Balaban J connectivity index is 1.54. The molecule has 0 aromatic heterocycles. The van der Waals surface area contributed by atoms with Gasteiger partial charge in [-0.2, -0.15) is 0 Å². The standard InChI is InChI=1S/C22H28BCl2N3O6/c1-12(2)9-18(27-19(29)11-26-20(30)14-10-13(24)7-8-15(14)25)23-28(3)16(21(31)33-23)5-4-6-17(28)22(32)34-23/h7-8,10,12,16-18H,4-6,9,11H2,1-3H3,(H,26,30)(H,27,29)/t16-,17-,18+,23?,28?/m1/s1. The second-order valence-corrected chi connectivity index (χ2v) is 10.7. The minimum Gasteiger partial charge on any atom is -0.599 e. The lowest BCUT2D eigenvalue weighted by Crippen LogP contribution is -2.75. The lowest BCUT2D eigenvalue weighted by Gasteiger charge is -2.51. The Morgan fingerprint density at radius 3 is 2.35 bits per heavy atom. The van der Waals surface area contributed by atoms with Crippen molar-refractivity contribution in [2.75, 3.05) is 13.6 Å². The topological polar surface area (TPSA) is 111 Å². The second kappa shape index (κ2) is 9.05. The molecule has 3 heterocycles. The summed E-state index contributed by atoms with van der Waals surface area (Å²) in [4.78, 5) is 51.1. The number of halogens is 2. The van der Waals surface area contributed by atoms with Gasteiger partial charge in [-0.25, -0.2) is 9.59 Å². The summed E-state index contributed by atoms with van der Waals surface area (Å²) in [7, 11) is 1.83. The normalized spacial score (nSPS) is 30.4. The van der Waals surface area contributed by atoms with Crippen LogP contribution in [0.15, 0.2) is 18.2 Å². The SMILES string of the molecule is CC(C)C[C@H](NC(=O)CNC(=O)c1cc(Cl)ccc1Cl)[B-]12OC(=O)[C@H]3CCC[C@H](C(=O)O1)[N+]32C. The Labute approximate surface area is 208 Å². The van der Waals surface area contributed by atoms with Crippen molar-refractivity contribution in [2.45, 2.75) is 57.6 Å². The smallest absolute Gasteiger partial charge is 0.599 e. The summed E-state index contributed by atoms with van der Waals surface area (Å²) in [6.45, 7) is 1.07. The van der Waals surface area contributed by atoms with Crippen LogP contribution in [0, 0.1) is 5.92 Å². The number of carbonyl (C=O) groups excluding carboxylic acids is 4. The van der Waals surface area contributed by atoms with Crippen molar-refractivity contribution < 1.29 is 32.9 Å². The molecule has 1 aromatic rings. The first-order chi connectivity index (χ1) is 16.0. The zero-order chi connectivity index (χ0) is 24.8. The molecule has 0 unspecified atom stereocenters. The third kappa shape index (κ3) is 3.95. The number of nitrogens with zero attached hydrogens (tertiary/aromatic N) is 1. The Bertz CT molecular complexity index is 1030. The van der Waals surface area contributed by atoms with Gasteiger partial charge in [-0.1, -0.05) is 37.0 Å². The van der Waals surface area contributed by atoms with E-state index in [9.17, 15) is 19.2 Å². The summed E-state index contributed by atoms with van der Waals surface area (Å²) in [5.74, 6) is -2.48. The summed E-state index contributed by atoms with van der Waals surface area (Å²) >= 11 is 12.0. The molecule has 3 aliphatic rings. The third-order valence-corrected chi connectivity index (χ3v) is 7.92. The number of nitrogens with one attached hydrogen (secondary N) is 2. The summed E-state index contributed by atoms with van der Waals surface area (Å²) in [6, 6.07) is 3.47. The van der Waals surface area contributed by atoms with Crippen LogP contribution >= 0.6 is 23.2 Å². The lowest BCUT2D eigenvalue weighted by molar-refractivity contribution is -0.850. The number of amides is 2. The minimum atomic E-state index is -2.51. The molecule has 34 heavy (non-hydrogen) atoms. The molecule has 3 fully saturated rings. The Morgan fingerprint density at radius 2 is 1.76 bits per heavy atom. The van der Waals surface area contributed by atoms with E-state index >= 15 is 0 Å². The van der Waals surface area contributed by atoms with Crippen molar-refractivity contribution in [3.63, 3.8) is 0 Å². The van der Waals surface area contributed by atoms with Crippen LogP contribution < -0.4 is 10.6 Å². The molecule has 0 aliphatic carbocycles. The van der Waals surface area contributed by atoms with Crippen LogP contribution in [0.1, 0.15) is 49.9 Å².